The van der Waals surface area contributed by atoms with Gasteiger partial charge < -0.3 is 0 Å². The molecule has 0 unspecified atom stereocenters. The average molecular weight is 138 g/mol. The molecule has 0 aromatic carbocycles. The summed E-state index contributed by atoms with van der Waals surface area (Å²) in [6.07, 6.45) is 12.3. The van der Waals surface area contributed by atoms with Crippen LogP contribution in [-0.4, -0.2) is 0 Å². The van der Waals surface area contributed by atoms with Crippen molar-refractivity contribution in [1.82, 2.24) is 0 Å². The molecule has 3 aliphatic rings. The minimum Gasteiger partial charge on any atom is -0.0533 e. The second kappa shape index (κ2) is 2.94. The van der Waals surface area contributed by atoms with Crippen LogP contribution in [0.4, 0.5) is 0 Å². The predicted molar refractivity (Wildman–Crippen MR) is 43.9 cm³/mol. The summed E-state index contributed by atoms with van der Waals surface area (Å²) < 4.78 is 0. The highest BCUT2D eigenvalue weighted by molar-refractivity contribution is 4.85. The lowest BCUT2D eigenvalue weighted by molar-refractivity contribution is 0.278. The summed E-state index contributed by atoms with van der Waals surface area (Å²) in [4.78, 5) is 0. The number of rotatable bonds is 1. The number of hydrogen-bond donors (Lipinski definition) is 0. The van der Waals surface area contributed by atoms with E-state index in [0.717, 1.165) is 0 Å². The highest BCUT2D eigenvalue weighted by Crippen LogP contribution is 2.46. The van der Waals surface area contributed by atoms with Gasteiger partial charge in [-0.1, -0.05) is 38.5 Å². The van der Waals surface area contributed by atoms with Gasteiger partial charge in [0.25, 0.3) is 0 Å². The molecule has 3 fully saturated rings. The first kappa shape index (κ1) is 6.69. The van der Waals surface area contributed by atoms with Gasteiger partial charge in [-0.15, -0.1) is 0 Å². The third kappa shape index (κ3) is 2.00. The molecule has 0 amide bonds. The van der Waals surface area contributed by atoms with E-state index in [-0.39, 0.29) is 0 Å². The van der Waals surface area contributed by atoms with Crippen molar-refractivity contribution >= 4 is 0 Å². The van der Waals surface area contributed by atoms with Crippen LogP contribution in [0, 0.1) is 11.8 Å². The zero-order chi connectivity index (χ0) is 6.81. The van der Waals surface area contributed by atoms with E-state index in [1.54, 1.807) is 25.7 Å². The van der Waals surface area contributed by atoms with Crippen molar-refractivity contribution in [3.05, 3.63) is 0 Å². The molecule has 0 aliphatic heterocycles. The molecule has 3 aliphatic carbocycles. The van der Waals surface area contributed by atoms with Crippen LogP contribution >= 0.6 is 0 Å². The van der Waals surface area contributed by atoms with E-state index in [4.69, 9.17) is 0 Å². The summed E-state index contributed by atoms with van der Waals surface area (Å²) in [5.41, 5.74) is 0. The lowest BCUT2D eigenvalue weighted by Gasteiger charge is -2.24. The van der Waals surface area contributed by atoms with Gasteiger partial charge in [-0.05, 0) is 24.7 Å². The van der Waals surface area contributed by atoms with Crippen molar-refractivity contribution in [3.8, 4) is 0 Å². The van der Waals surface area contributed by atoms with Crippen LogP contribution in [0.1, 0.15) is 51.4 Å². The molecule has 3 rings (SSSR count). The smallest absolute Gasteiger partial charge is 0.0386 e. The van der Waals surface area contributed by atoms with Crippen LogP contribution in [-0.2, 0) is 0 Å². The van der Waals surface area contributed by atoms with Crippen LogP contribution in [0.3, 0.4) is 0 Å². The maximum absolute atomic E-state index is 1.56. The standard InChI is InChI=1S/C7H12.C3H6/c1-2-6(3-1)7-4-5-7;1-2-3-1/h6-7H,1-5H2;1-3H2. The van der Waals surface area contributed by atoms with E-state index in [2.05, 4.69) is 0 Å². The fraction of sp³-hybridized carbons (Fsp3) is 1.00. The first-order valence-corrected chi connectivity index (χ1v) is 4.97. The Balaban J connectivity index is 0.000000113. The van der Waals surface area contributed by atoms with Crippen molar-refractivity contribution in [2.45, 2.75) is 51.4 Å². The molecule has 10 heavy (non-hydrogen) atoms. The van der Waals surface area contributed by atoms with Crippen LogP contribution in [0.2, 0.25) is 0 Å². The summed E-state index contributed by atoms with van der Waals surface area (Å²) >= 11 is 0. The van der Waals surface area contributed by atoms with Crippen LogP contribution in [0.15, 0.2) is 0 Å². The van der Waals surface area contributed by atoms with Gasteiger partial charge in [0.15, 0.2) is 0 Å². The highest BCUT2D eigenvalue weighted by atomic mass is 14.4. The lowest BCUT2D eigenvalue weighted by atomic mass is 9.82. The molecule has 0 heteroatoms. The summed E-state index contributed by atoms with van der Waals surface area (Å²) in [5, 5.41) is 0. The molecule has 58 valence electrons. The van der Waals surface area contributed by atoms with Crippen LogP contribution < -0.4 is 0 Å². The first-order chi connectivity index (χ1) is 4.97. The SMILES string of the molecule is C1CC(C2CC2)C1.C1CC1. The molecular formula is C10H18. The molecule has 0 bridgehead atoms. The van der Waals surface area contributed by atoms with E-state index < -0.39 is 0 Å². The van der Waals surface area contributed by atoms with Gasteiger partial charge >= 0.3 is 0 Å². The van der Waals surface area contributed by atoms with Gasteiger partial charge in [0.2, 0.25) is 0 Å². The Morgan fingerprint density at radius 2 is 1.00 bits per heavy atom. The molecular weight excluding hydrogens is 120 g/mol. The molecule has 0 N–H and O–H groups in total. The third-order valence-electron chi connectivity index (χ3n) is 2.79. The van der Waals surface area contributed by atoms with E-state index in [1.807, 2.05) is 0 Å². The molecule has 0 saturated heterocycles. The molecule has 0 nitrogen and oxygen atoms in total. The zero-order valence-electron chi connectivity index (χ0n) is 6.81. The second-order valence-electron chi connectivity index (χ2n) is 4.09. The molecule has 0 radical (unpaired) electrons. The van der Waals surface area contributed by atoms with Crippen molar-refractivity contribution < 1.29 is 0 Å². The molecule has 3 saturated carbocycles. The first-order valence-electron chi connectivity index (χ1n) is 4.97. The minimum absolute atomic E-state index is 1.19. The van der Waals surface area contributed by atoms with E-state index in [0.29, 0.717) is 0 Å². The van der Waals surface area contributed by atoms with E-state index >= 15 is 0 Å². The topological polar surface area (TPSA) is 0 Å². The molecule has 0 spiro atoms. The quantitative estimate of drug-likeness (QED) is 0.521. The molecule has 0 heterocycles. The summed E-state index contributed by atoms with van der Waals surface area (Å²) in [5.74, 6) is 2.40. The summed E-state index contributed by atoms with van der Waals surface area (Å²) in [6, 6.07) is 0. The Labute approximate surface area is 64.0 Å². The minimum atomic E-state index is 1.19. The second-order valence-corrected chi connectivity index (χ2v) is 4.09. The Morgan fingerprint density at radius 1 is 0.500 bits per heavy atom. The fourth-order valence-corrected chi connectivity index (χ4v) is 1.48. The maximum atomic E-state index is 1.56. The Kier molecular flexibility index (Phi) is 1.97. The Hall–Kier alpha value is 0. The normalized spacial score (nSPS) is 30.0. The van der Waals surface area contributed by atoms with Gasteiger partial charge in [0, 0.05) is 0 Å². The van der Waals surface area contributed by atoms with Crippen molar-refractivity contribution in [2.75, 3.05) is 0 Å². The lowest BCUT2D eigenvalue weighted by Crippen LogP contribution is -2.12. The van der Waals surface area contributed by atoms with Gasteiger partial charge in [-0.25, -0.2) is 0 Å². The third-order valence-corrected chi connectivity index (χ3v) is 2.79. The Morgan fingerprint density at radius 3 is 1.10 bits per heavy atom. The number of hydrogen-bond acceptors (Lipinski definition) is 0. The molecule has 0 aromatic rings. The van der Waals surface area contributed by atoms with Gasteiger partial charge in [-0.3, -0.25) is 0 Å². The predicted octanol–water partition coefficient (Wildman–Crippen LogP) is 3.37. The summed E-state index contributed by atoms with van der Waals surface area (Å²) in [7, 11) is 0. The fourth-order valence-electron chi connectivity index (χ4n) is 1.48. The van der Waals surface area contributed by atoms with E-state index in [1.165, 1.54) is 37.5 Å². The highest BCUT2D eigenvalue weighted by Gasteiger charge is 2.34. The zero-order valence-corrected chi connectivity index (χ0v) is 6.81. The van der Waals surface area contributed by atoms with Crippen molar-refractivity contribution in [1.29, 1.82) is 0 Å². The maximum Gasteiger partial charge on any atom is -0.0386 e. The monoisotopic (exact) mass is 138 g/mol. The van der Waals surface area contributed by atoms with Gasteiger partial charge in [0.05, 0.1) is 0 Å². The van der Waals surface area contributed by atoms with Crippen molar-refractivity contribution in [3.63, 3.8) is 0 Å². The van der Waals surface area contributed by atoms with Gasteiger partial charge in [0.1, 0.15) is 0 Å². The van der Waals surface area contributed by atoms with Crippen molar-refractivity contribution in [2.24, 2.45) is 11.8 Å². The molecule has 0 atom stereocenters. The average Bonchev–Trinajstić information content (AvgIpc) is 2.59. The van der Waals surface area contributed by atoms with E-state index in [9.17, 15) is 0 Å². The summed E-state index contributed by atoms with van der Waals surface area (Å²) in [6.45, 7) is 0. The molecule has 0 aromatic heterocycles. The van der Waals surface area contributed by atoms with Crippen LogP contribution in [0.5, 0.6) is 0 Å². The van der Waals surface area contributed by atoms with Crippen LogP contribution in [0.25, 0.3) is 0 Å². The largest absolute Gasteiger partial charge is 0.0533 e. The van der Waals surface area contributed by atoms with Gasteiger partial charge in [-0.2, -0.15) is 0 Å². The Bertz CT molecular complexity index is 93.9.